The minimum atomic E-state index is 0.0525. The number of hydrogen-bond donors (Lipinski definition) is 1. The average molecular weight is 180 g/mol. The molecule has 1 aliphatic rings. The zero-order chi connectivity index (χ0) is 9.42. The Morgan fingerprint density at radius 2 is 2.31 bits per heavy atom. The van der Waals surface area contributed by atoms with E-state index in [1.165, 1.54) is 0 Å². The molecule has 1 aromatic rings. The van der Waals surface area contributed by atoms with Gasteiger partial charge in [0.15, 0.2) is 0 Å². The van der Waals surface area contributed by atoms with Crippen LogP contribution in [0, 0.1) is 0 Å². The summed E-state index contributed by atoms with van der Waals surface area (Å²) >= 11 is 0. The molecule has 0 unspecified atom stereocenters. The van der Waals surface area contributed by atoms with Gasteiger partial charge in [0.2, 0.25) is 5.91 Å². The van der Waals surface area contributed by atoms with E-state index in [9.17, 15) is 4.79 Å². The normalized spacial score (nSPS) is 15.8. The third-order valence-electron chi connectivity index (χ3n) is 2.14. The number of carbonyl (C=O) groups is 1. The van der Waals surface area contributed by atoms with E-state index in [-0.39, 0.29) is 11.9 Å². The van der Waals surface area contributed by atoms with Crippen molar-refractivity contribution in [2.45, 2.75) is 32.9 Å². The Kier molecular flexibility index (Phi) is 1.79. The van der Waals surface area contributed by atoms with E-state index >= 15 is 0 Å². The van der Waals surface area contributed by atoms with Crippen molar-refractivity contribution in [3.8, 4) is 0 Å². The zero-order valence-electron chi connectivity index (χ0n) is 7.74. The number of nitrogens with one attached hydrogen (secondary N) is 1. The zero-order valence-corrected chi connectivity index (χ0v) is 7.74. The highest BCUT2D eigenvalue weighted by Crippen LogP contribution is 2.14. The largest absolute Gasteiger partial charge is 0.350 e. The molecule has 5 heteroatoms. The molecule has 1 amide bonds. The van der Waals surface area contributed by atoms with Gasteiger partial charge in [0, 0.05) is 6.04 Å². The molecule has 1 aromatic heterocycles. The highest BCUT2D eigenvalue weighted by Gasteiger charge is 2.22. The summed E-state index contributed by atoms with van der Waals surface area (Å²) in [4.78, 5) is 11.1. The van der Waals surface area contributed by atoms with Gasteiger partial charge in [-0.05, 0) is 13.8 Å². The molecule has 0 aliphatic carbocycles. The van der Waals surface area contributed by atoms with Crippen LogP contribution in [-0.4, -0.2) is 20.9 Å². The Morgan fingerprint density at radius 3 is 3.00 bits per heavy atom. The Balaban J connectivity index is 2.41. The first-order valence-electron chi connectivity index (χ1n) is 4.38. The van der Waals surface area contributed by atoms with Crippen molar-refractivity contribution in [1.29, 1.82) is 0 Å². The van der Waals surface area contributed by atoms with Crippen LogP contribution in [0.15, 0.2) is 0 Å². The number of nitrogens with zero attached hydrogens (tertiary/aromatic N) is 3. The summed E-state index contributed by atoms with van der Waals surface area (Å²) in [5, 5.41) is 10.8. The Hall–Kier alpha value is -1.39. The van der Waals surface area contributed by atoms with Crippen LogP contribution in [0.25, 0.3) is 0 Å². The topological polar surface area (TPSA) is 59.8 Å². The van der Waals surface area contributed by atoms with Crippen LogP contribution >= 0.6 is 0 Å². The molecule has 0 saturated carbocycles. The molecule has 70 valence electrons. The molecule has 1 aliphatic heterocycles. The predicted octanol–water partition coefficient (Wildman–Crippen LogP) is 0.0313. The second-order valence-electron chi connectivity index (χ2n) is 3.47. The van der Waals surface area contributed by atoms with E-state index in [4.69, 9.17) is 0 Å². The summed E-state index contributed by atoms with van der Waals surface area (Å²) in [6.07, 6.45) is 0.403. The fraction of sp³-hybridized carbons (Fsp3) is 0.625. The average Bonchev–Trinajstić information content (AvgIpc) is 2.46. The molecule has 0 bridgehead atoms. The molecule has 0 atom stereocenters. The number of aromatic nitrogens is 3. The van der Waals surface area contributed by atoms with Gasteiger partial charge in [0.1, 0.15) is 5.69 Å². The summed E-state index contributed by atoms with van der Waals surface area (Å²) < 4.78 is 1.81. The summed E-state index contributed by atoms with van der Waals surface area (Å²) in [6.45, 7) is 4.57. The second kappa shape index (κ2) is 2.83. The maximum atomic E-state index is 11.1. The highest BCUT2D eigenvalue weighted by molar-refractivity contribution is 5.79. The minimum Gasteiger partial charge on any atom is -0.350 e. The Bertz CT molecular complexity index is 342. The maximum Gasteiger partial charge on any atom is 0.226 e. The number of carbonyl (C=O) groups excluding carboxylic acids is 1. The van der Waals surface area contributed by atoms with Crippen LogP contribution in [0.3, 0.4) is 0 Å². The molecule has 2 rings (SSSR count). The molecule has 0 aromatic carbocycles. The number of hydrogen-bond acceptors (Lipinski definition) is 3. The summed E-state index contributed by atoms with van der Waals surface area (Å²) in [6, 6.07) is 0.266. The predicted molar refractivity (Wildman–Crippen MR) is 46.0 cm³/mol. The third-order valence-corrected chi connectivity index (χ3v) is 2.14. The van der Waals surface area contributed by atoms with E-state index in [1.807, 2.05) is 18.5 Å². The van der Waals surface area contributed by atoms with Gasteiger partial charge in [-0.2, -0.15) is 0 Å². The fourth-order valence-corrected chi connectivity index (χ4v) is 1.48. The molecule has 2 heterocycles. The van der Waals surface area contributed by atoms with E-state index in [2.05, 4.69) is 15.6 Å². The van der Waals surface area contributed by atoms with Gasteiger partial charge in [0.05, 0.1) is 18.7 Å². The van der Waals surface area contributed by atoms with Gasteiger partial charge >= 0.3 is 0 Å². The second-order valence-corrected chi connectivity index (χ2v) is 3.47. The fourth-order valence-electron chi connectivity index (χ4n) is 1.48. The molecular weight excluding hydrogens is 168 g/mol. The molecule has 1 N–H and O–H groups in total. The van der Waals surface area contributed by atoms with Gasteiger partial charge in [-0.3, -0.25) is 4.79 Å². The lowest BCUT2D eigenvalue weighted by Crippen LogP contribution is -2.31. The van der Waals surface area contributed by atoms with Crippen LogP contribution in [0.4, 0.5) is 0 Å². The standard InChI is InChI=1S/C8H12N4O/c1-5(2)12-7-3-8(13)9-4-6(7)10-11-12/h5H,3-4H2,1-2H3,(H,9,13). The SMILES string of the molecule is CC(C)n1nnc2c1CC(=O)NC2. The van der Waals surface area contributed by atoms with Crippen molar-refractivity contribution in [2.75, 3.05) is 0 Å². The first-order chi connectivity index (χ1) is 6.18. The van der Waals surface area contributed by atoms with Crippen LogP contribution < -0.4 is 5.32 Å². The number of rotatable bonds is 1. The van der Waals surface area contributed by atoms with Crippen molar-refractivity contribution in [3.05, 3.63) is 11.4 Å². The molecule has 0 fully saturated rings. The highest BCUT2D eigenvalue weighted by atomic mass is 16.1. The van der Waals surface area contributed by atoms with Crippen LogP contribution in [0.1, 0.15) is 31.3 Å². The third kappa shape index (κ3) is 1.30. The lowest BCUT2D eigenvalue weighted by molar-refractivity contribution is -0.121. The van der Waals surface area contributed by atoms with E-state index < -0.39 is 0 Å². The lowest BCUT2D eigenvalue weighted by Gasteiger charge is -2.14. The smallest absolute Gasteiger partial charge is 0.226 e. The number of amides is 1. The van der Waals surface area contributed by atoms with Crippen molar-refractivity contribution in [3.63, 3.8) is 0 Å². The van der Waals surface area contributed by atoms with Crippen LogP contribution in [0.2, 0.25) is 0 Å². The van der Waals surface area contributed by atoms with Crippen molar-refractivity contribution in [2.24, 2.45) is 0 Å². The maximum absolute atomic E-state index is 11.1. The molecule has 5 nitrogen and oxygen atoms in total. The first-order valence-corrected chi connectivity index (χ1v) is 4.38. The van der Waals surface area contributed by atoms with Gasteiger partial charge in [-0.15, -0.1) is 5.10 Å². The monoisotopic (exact) mass is 180 g/mol. The van der Waals surface area contributed by atoms with Crippen molar-refractivity contribution in [1.82, 2.24) is 20.3 Å². The van der Waals surface area contributed by atoms with Gasteiger partial charge in [0.25, 0.3) is 0 Å². The number of fused-ring (bicyclic) bond motifs is 1. The Morgan fingerprint density at radius 1 is 1.54 bits per heavy atom. The first kappa shape index (κ1) is 8.22. The minimum absolute atomic E-state index is 0.0525. The van der Waals surface area contributed by atoms with Gasteiger partial charge in [-0.1, -0.05) is 5.21 Å². The van der Waals surface area contributed by atoms with Crippen molar-refractivity contribution < 1.29 is 4.79 Å². The molecular formula is C8H12N4O. The molecule has 0 saturated heterocycles. The van der Waals surface area contributed by atoms with Gasteiger partial charge in [-0.25, -0.2) is 4.68 Å². The summed E-state index contributed by atoms with van der Waals surface area (Å²) in [5.41, 5.74) is 1.85. The van der Waals surface area contributed by atoms with Gasteiger partial charge < -0.3 is 5.32 Å². The molecule has 0 spiro atoms. The lowest BCUT2D eigenvalue weighted by atomic mass is 10.1. The van der Waals surface area contributed by atoms with E-state index in [0.29, 0.717) is 13.0 Å². The summed E-state index contributed by atoms with van der Waals surface area (Å²) in [5.74, 6) is 0.0525. The van der Waals surface area contributed by atoms with Crippen LogP contribution in [-0.2, 0) is 17.8 Å². The molecule has 13 heavy (non-hydrogen) atoms. The van der Waals surface area contributed by atoms with E-state index in [0.717, 1.165) is 11.4 Å². The Labute approximate surface area is 76.1 Å². The van der Waals surface area contributed by atoms with Crippen LogP contribution in [0.5, 0.6) is 0 Å². The van der Waals surface area contributed by atoms with Crippen molar-refractivity contribution >= 4 is 5.91 Å². The summed E-state index contributed by atoms with van der Waals surface area (Å²) in [7, 11) is 0. The quantitative estimate of drug-likeness (QED) is 0.663. The van der Waals surface area contributed by atoms with E-state index in [1.54, 1.807) is 0 Å². The molecule has 0 radical (unpaired) electrons.